The Balaban J connectivity index is 0.00000237. The summed E-state index contributed by atoms with van der Waals surface area (Å²) in [7, 11) is 3.79. The summed E-state index contributed by atoms with van der Waals surface area (Å²) in [6.45, 7) is 10.8. The third kappa shape index (κ3) is 7.75. The number of aliphatic imine (C=N–C) groups is 1. The van der Waals surface area contributed by atoms with Gasteiger partial charge in [-0.3, -0.25) is 4.79 Å². The molecule has 42 heavy (non-hydrogen) atoms. The minimum atomic E-state index is -0.218. The number of nitrogens with zero attached hydrogens (tertiary/aromatic N) is 5. The Morgan fingerprint density at radius 1 is 1.38 bits per heavy atom. The maximum Gasteiger partial charge on any atom is 0.317 e. The van der Waals surface area contributed by atoms with Crippen molar-refractivity contribution >= 4 is 28.5 Å². The number of aryl methyl sites for hydroxylation is 1. The van der Waals surface area contributed by atoms with E-state index in [1.165, 1.54) is 0 Å². The fourth-order valence-corrected chi connectivity index (χ4v) is 6.75. The number of ether oxygens (including phenoxy) is 1. The van der Waals surface area contributed by atoms with Gasteiger partial charge in [0.2, 0.25) is 5.78 Å². The minimum Gasteiger partial charge on any atom is -0.463 e. The third-order valence-electron chi connectivity index (χ3n) is 7.94. The van der Waals surface area contributed by atoms with E-state index in [0.717, 1.165) is 42.5 Å². The predicted molar refractivity (Wildman–Crippen MR) is 170 cm³/mol. The summed E-state index contributed by atoms with van der Waals surface area (Å²) in [6, 6.07) is 4.45. The van der Waals surface area contributed by atoms with Crippen LogP contribution < -0.4 is 16.2 Å². The van der Waals surface area contributed by atoms with E-state index >= 15 is 0 Å². The molecule has 0 aliphatic heterocycles. The van der Waals surface area contributed by atoms with Gasteiger partial charge in [0.15, 0.2) is 0 Å². The SMILES string of the molecule is CC.CCC/C(C(=O)c1ccnc(OCC(C)CC2C(N)[C@H]2C)n1)=C(/N)[C@H]1CCCc2sc(/N=C/N(C)C)c(C#N)c21. The zero-order valence-corrected chi connectivity index (χ0v) is 27.0. The standard InChI is InChI=1S/C30H41N7O2S.C2H6/c1-6-8-20(27(33)19-9-7-10-24-25(19)22(14-31)29(40-24)35-16-37(4)5)28(38)23-11-12-34-30(36-23)39-15-17(2)13-21-18(3)26(21)32;1-2/h11-12,16-19,21,26H,6-10,13,15,32-33H2,1-5H3;1-2H3/b27-20-,35-16+;/t17?,18-,19-,21?,26?;/m0./s1. The number of rotatable bonds is 12. The number of aromatic nitrogens is 2. The molecule has 0 amide bonds. The lowest BCUT2D eigenvalue weighted by Crippen LogP contribution is -2.22. The molecule has 0 radical (unpaired) electrons. The fraction of sp³-hybridized carbons (Fsp3) is 0.594. The molecule has 2 aromatic heterocycles. The molecule has 2 heterocycles. The lowest BCUT2D eigenvalue weighted by molar-refractivity contribution is 0.102. The van der Waals surface area contributed by atoms with Crippen LogP contribution in [-0.2, 0) is 6.42 Å². The number of ketones is 1. The summed E-state index contributed by atoms with van der Waals surface area (Å²) in [5.41, 5.74) is 15.7. The lowest BCUT2D eigenvalue weighted by atomic mass is 9.80. The number of Topliss-reactive ketones (excluding diaryl/α,β-unsaturated/α-hetero) is 1. The van der Waals surface area contributed by atoms with Gasteiger partial charge in [-0.15, -0.1) is 11.3 Å². The molecule has 2 aliphatic carbocycles. The van der Waals surface area contributed by atoms with E-state index in [1.807, 2.05) is 39.8 Å². The molecule has 2 aliphatic rings. The molecule has 1 fully saturated rings. The van der Waals surface area contributed by atoms with E-state index in [9.17, 15) is 10.1 Å². The average Bonchev–Trinajstić information content (AvgIpc) is 3.38. The Kier molecular flexibility index (Phi) is 12.1. The quantitative estimate of drug-likeness (QED) is 0.133. The van der Waals surface area contributed by atoms with E-state index in [-0.39, 0.29) is 29.4 Å². The van der Waals surface area contributed by atoms with E-state index < -0.39 is 0 Å². The van der Waals surface area contributed by atoms with E-state index in [2.05, 4.69) is 34.9 Å². The number of fused-ring (bicyclic) bond motifs is 1. The number of hydrogen-bond donors (Lipinski definition) is 2. The molecule has 4 N–H and O–H groups in total. The molecule has 0 bridgehead atoms. The molecule has 5 atom stereocenters. The van der Waals surface area contributed by atoms with Crippen molar-refractivity contribution in [2.24, 2.45) is 34.2 Å². The van der Waals surface area contributed by atoms with Crippen LogP contribution in [0, 0.1) is 29.1 Å². The van der Waals surface area contributed by atoms with Crippen molar-refractivity contribution in [2.45, 2.75) is 85.1 Å². The Bertz CT molecular complexity index is 1320. The van der Waals surface area contributed by atoms with Gasteiger partial charge in [-0.2, -0.15) is 10.2 Å². The van der Waals surface area contributed by atoms with Crippen LogP contribution in [0.1, 0.15) is 99.1 Å². The van der Waals surface area contributed by atoms with Crippen LogP contribution in [0.2, 0.25) is 0 Å². The van der Waals surface area contributed by atoms with Crippen molar-refractivity contribution in [3.8, 4) is 12.1 Å². The first-order valence-corrected chi connectivity index (χ1v) is 16.0. The molecule has 228 valence electrons. The van der Waals surface area contributed by atoms with Gasteiger partial charge < -0.3 is 21.1 Å². The van der Waals surface area contributed by atoms with Crippen molar-refractivity contribution in [2.75, 3.05) is 20.7 Å². The molecule has 0 aromatic carbocycles. The number of nitrogens with two attached hydrogens (primary N) is 2. The first-order valence-electron chi connectivity index (χ1n) is 15.2. The van der Waals surface area contributed by atoms with Gasteiger partial charge in [-0.1, -0.05) is 41.0 Å². The Labute approximate surface area is 255 Å². The topological polar surface area (TPSA) is 144 Å². The highest BCUT2D eigenvalue weighted by atomic mass is 32.1. The second-order valence-electron chi connectivity index (χ2n) is 11.4. The van der Waals surface area contributed by atoms with E-state index in [1.54, 1.807) is 29.9 Å². The monoisotopic (exact) mass is 593 g/mol. The van der Waals surface area contributed by atoms with Gasteiger partial charge in [0.1, 0.15) is 16.8 Å². The number of hydrogen-bond acceptors (Lipinski definition) is 9. The van der Waals surface area contributed by atoms with E-state index in [0.29, 0.717) is 52.6 Å². The van der Waals surface area contributed by atoms with Crippen LogP contribution in [0.5, 0.6) is 6.01 Å². The smallest absolute Gasteiger partial charge is 0.317 e. The molecule has 2 aromatic rings. The number of carbonyl (C=O) groups is 1. The Morgan fingerprint density at radius 2 is 2.10 bits per heavy atom. The maximum absolute atomic E-state index is 13.8. The zero-order chi connectivity index (χ0) is 31.0. The summed E-state index contributed by atoms with van der Waals surface area (Å²) < 4.78 is 5.88. The second kappa shape index (κ2) is 15.3. The minimum absolute atomic E-state index is 0.188. The van der Waals surface area contributed by atoms with Gasteiger partial charge >= 0.3 is 6.01 Å². The third-order valence-corrected chi connectivity index (χ3v) is 9.11. The molecule has 10 heteroatoms. The molecule has 3 unspecified atom stereocenters. The Morgan fingerprint density at radius 3 is 2.71 bits per heavy atom. The van der Waals surface area contributed by atoms with Crippen molar-refractivity contribution in [1.82, 2.24) is 14.9 Å². The average molecular weight is 594 g/mol. The first kappa shape index (κ1) is 33.2. The predicted octanol–water partition coefficient (Wildman–Crippen LogP) is 5.97. The van der Waals surface area contributed by atoms with Crippen LogP contribution in [0.4, 0.5) is 5.00 Å². The molecule has 0 spiro atoms. The van der Waals surface area contributed by atoms with Crippen LogP contribution in [0.25, 0.3) is 0 Å². The molecule has 0 saturated heterocycles. The van der Waals surface area contributed by atoms with Gasteiger partial charge in [0.25, 0.3) is 0 Å². The summed E-state index contributed by atoms with van der Waals surface area (Å²) in [4.78, 5) is 30.0. The number of allylic oxidation sites excluding steroid dienone is 2. The van der Waals surface area contributed by atoms with Crippen LogP contribution in [-0.4, -0.2) is 53.7 Å². The van der Waals surface area contributed by atoms with Crippen molar-refractivity contribution in [3.05, 3.63) is 45.2 Å². The molecular weight excluding hydrogens is 546 g/mol. The Hall–Kier alpha value is -3.29. The summed E-state index contributed by atoms with van der Waals surface area (Å²) in [5, 5.41) is 10.8. The van der Waals surface area contributed by atoms with Gasteiger partial charge in [0.05, 0.1) is 18.5 Å². The molecule has 9 nitrogen and oxygen atoms in total. The number of nitriles is 1. The van der Waals surface area contributed by atoms with Crippen molar-refractivity contribution in [1.29, 1.82) is 5.26 Å². The largest absolute Gasteiger partial charge is 0.463 e. The lowest BCUT2D eigenvalue weighted by Gasteiger charge is -2.25. The van der Waals surface area contributed by atoms with E-state index in [4.69, 9.17) is 16.2 Å². The van der Waals surface area contributed by atoms with Crippen molar-refractivity contribution in [3.63, 3.8) is 0 Å². The molecule has 1 saturated carbocycles. The van der Waals surface area contributed by atoms with Crippen LogP contribution in [0.3, 0.4) is 0 Å². The fourth-order valence-electron chi connectivity index (χ4n) is 5.56. The maximum atomic E-state index is 13.8. The normalized spacial score (nSPS) is 22.3. The second-order valence-corrected chi connectivity index (χ2v) is 12.5. The summed E-state index contributed by atoms with van der Waals surface area (Å²) in [6.07, 6.45) is 8.12. The molecular formula is C32H47N7O2S. The summed E-state index contributed by atoms with van der Waals surface area (Å²) in [5.74, 6) is 0.979. The highest BCUT2D eigenvalue weighted by Gasteiger charge is 2.43. The van der Waals surface area contributed by atoms with Crippen molar-refractivity contribution < 1.29 is 9.53 Å². The highest BCUT2D eigenvalue weighted by Crippen LogP contribution is 2.47. The number of carbonyl (C=O) groups excluding carboxylic acids is 1. The first-order chi connectivity index (χ1) is 20.2. The highest BCUT2D eigenvalue weighted by molar-refractivity contribution is 7.16. The van der Waals surface area contributed by atoms with Gasteiger partial charge in [-0.05, 0) is 61.5 Å². The van der Waals surface area contributed by atoms with Gasteiger partial charge in [-0.25, -0.2) is 9.98 Å². The van der Waals surface area contributed by atoms with Crippen LogP contribution in [0.15, 0.2) is 28.5 Å². The number of thiophene rings is 1. The summed E-state index contributed by atoms with van der Waals surface area (Å²) >= 11 is 1.54. The van der Waals surface area contributed by atoms with Gasteiger partial charge in [0, 0.05) is 48.4 Å². The zero-order valence-electron chi connectivity index (χ0n) is 26.2. The van der Waals surface area contributed by atoms with Crippen LogP contribution >= 0.6 is 11.3 Å². The molecule has 4 rings (SSSR count).